The number of nitrogens with two attached hydrogens (primary N) is 1. The van der Waals surface area contributed by atoms with Gasteiger partial charge in [-0.3, -0.25) is 4.79 Å². The van der Waals surface area contributed by atoms with E-state index < -0.39 is 5.41 Å². The van der Waals surface area contributed by atoms with Crippen LogP contribution in [0.15, 0.2) is 6.33 Å². The molecule has 6 heteroatoms. The summed E-state index contributed by atoms with van der Waals surface area (Å²) < 4.78 is 1.77. The Balaban J connectivity index is 2.56. The third-order valence-corrected chi connectivity index (χ3v) is 2.99. The highest BCUT2D eigenvalue weighted by atomic mass is 16.2. The summed E-state index contributed by atoms with van der Waals surface area (Å²) in [5.41, 5.74) is 5.10. The van der Waals surface area contributed by atoms with Gasteiger partial charge >= 0.3 is 0 Å². The van der Waals surface area contributed by atoms with Gasteiger partial charge in [-0.25, -0.2) is 0 Å². The fraction of sp³-hybridized carbons (Fsp3) is 0.700. The van der Waals surface area contributed by atoms with Crippen molar-refractivity contribution in [1.29, 1.82) is 0 Å². The molecular formula is C10H19N5O. The number of hydrogen-bond donors (Lipinski definition) is 2. The summed E-state index contributed by atoms with van der Waals surface area (Å²) in [6.45, 7) is 4.53. The Bertz CT molecular complexity index is 356. The largest absolute Gasteiger partial charge is 0.348 e. The van der Waals surface area contributed by atoms with E-state index in [1.807, 2.05) is 20.9 Å². The molecule has 0 aliphatic carbocycles. The lowest BCUT2D eigenvalue weighted by Gasteiger charge is -2.24. The topological polar surface area (TPSA) is 85.8 Å². The van der Waals surface area contributed by atoms with Gasteiger partial charge in [-0.05, 0) is 13.3 Å². The number of hydrogen-bond acceptors (Lipinski definition) is 4. The number of carbonyl (C=O) groups excluding carboxylic acids is 1. The first-order valence-corrected chi connectivity index (χ1v) is 5.34. The van der Waals surface area contributed by atoms with Crippen LogP contribution >= 0.6 is 0 Å². The van der Waals surface area contributed by atoms with E-state index in [4.69, 9.17) is 5.73 Å². The predicted molar refractivity (Wildman–Crippen MR) is 60.3 cm³/mol. The number of rotatable bonds is 5. The van der Waals surface area contributed by atoms with Gasteiger partial charge < -0.3 is 15.6 Å². The van der Waals surface area contributed by atoms with Crippen molar-refractivity contribution in [3.63, 3.8) is 0 Å². The molecule has 0 radical (unpaired) electrons. The molecule has 0 aliphatic rings. The third-order valence-electron chi connectivity index (χ3n) is 2.99. The minimum atomic E-state index is -0.501. The molecule has 1 atom stereocenters. The van der Waals surface area contributed by atoms with Crippen LogP contribution in [0.25, 0.3) is 0 Å². The zero-order valence-corrected chi connectivity index (χ0v) is 10.0. The van der Waals surface area contributed by atoms with E-state index >= 15 is 0 Å². The zero-order valence-electron chi connectivity index (χ0n) is 10.0. The van der Waals surface area contributed by atoms with E-state index in [-0.39, 0.29) is 5.91 Å². The fourth-order valence-corrected chi connectivity index (χ4v) is 1.24. The average Bonchev–Trinajstić information content (AvgIpc) is 2.70. The molecule has 0 spiro atoms. The van der Waals surface area contributed by atoms with Crippen LogP contribution < -0.4 is 11.1 Å². The number of nitrogens with zero attached hydrogens (tertiary/aromatic N) is 3. The van der Waals surface area contributed by atoms with Gasteiger partial charge in [-0.2, -0.15) is 0 Å². The van der Waals surface area contributed by atoms with Crippen molar-refractivity contribution in [2.75, 3.05) is 6.54 Å². The molecule has 3 N–H and O–H groups in total. The first-order valence-electron chi connectivity index (χ1n) is 5.34. The van der Waals surface area contributed by atoms with Crippen LogP contribution in [-0.4, -0.2) is 27.2 Å². The van der Waals surface area contributed by atoms with Gasteiger partial charge in [-0.15, -0.1) is 10.2 Å². The van der Waals surface area contributed by atoms with Crippen LogP contribution in [0, 0.1) is 5.41 Å². The standard InChI is InChI=1S/C10H19N5O/c1-4-10(2,6-11)9(16)12-5-8-14-13-7-15(8)3/h7H,4-6,11H2,1-3H3,(H,12,16). The highest BCUT2D eigenvalue weighted by Gasteiger charge is 2.29. The Morgan fingerprint density at radius 3 is 2.81 bits per heavy atom. The molecule has 90 valence electrons. The van der Waals surface area contributed by atoms with Crippen molar-refractivity contribution >= 4 is 5.91 Å². The Kier molecular flexibility index (Phi) is 4.00. The lowest BCUT2D eigenvalue weighted by Crippen LogP contribution is -2.43. The predicted octanol–water partition coefficient (Wildman–Crippen LogP) is -0.194. The van der Waals surface area contributed by atoms with E-state index in [0.717, 1.165) is 5.82 Å². The Labute approximate surface area is 95.2 Å². The molecule has 6 nitrogen and oxygen atoms in total. The van der Waals surface area contributed by atoms with Crippen LogP contribution in [0.4, 0.5) is 0 Å². The molecule has 1 aromatic rings. The number of aryl methyl sites for hydroxylation is 1. The van der Waals surface area contributed by atoms with Crippen LogP contribution in [0.5, 0.6) is 0 Å². The minimum Gasteiger partial charge on any atom is -0.348 e. The fourth-order valence-electron chi connectivity index (χ4n) is 1.24. The molecule has 0 saturated carbocycles. The van der Waals surface area contributed by atoms with Crippen molar-refractivity contribution in [3.8, 4) is 0 Å². The molecule has 16 heavy (non-hydrogen) atoms. The second kappa shape index (κ2) is 5.07. The Hall–Kier alpha value is -1.43. The normalized spacial score (nSPS) is 14.5. The van der Waals surface area contributed by atoms with Crippen molar-refractivity contribution in [3.05, 3.63) is 12.2 Å². The van der Waals surface area contributed by atoms with E-state index in [1.165, 1.54) is 0 Å². The second-order valence-corrected chi connectivity index (χ2v) is 4.16. The molecule has 0 bridgehead atoms. The highest BCUT2D eigenvalue weighted by Crippen LogP contribution is 2.19. The summed E-state index contributed by atoms with van der Waals surface area (Å²) in [4.78, 5) is 11.9. The Morgan fingerprint density at radius 1 is 1.69 bits per heavy atom. The quantitative estimate of drug-likeness (QED) is 0.727. The van der Waals surface area contributed by atoms with Gasteiger partial charge in [0.15, 0.2) is 5.82 Å². The van der Waals surface area contributed by atoms with Crippen molar-refractivity contribution in [2.45, 2.75) is 26.8 Å². The van der Waals surface area contributed by atoms with E-state index in [1.54, 1.807) is 10.9 Å². The smallest absolute Gasteiger partial charge is 0.227 e. The van der Waals surface area contributed by atoms with Crippen molar-refractivity contribution in [2.24, 2.45) is 18.2 Å². The van der Waals surface area contributed by atoms with Crippen LogP contribution in [0.3, 0.4) is 0 Å². The van der Waals surface area contributed by atoms with Crippen molar-refractivity contribution in [1.82, 2.24) is 20.1 Å². The third kappa shape index (κ3) is 2.57. The van der Waals surface area contributed by atoms with Gasteiger partial charge in [0.2, 0.25) is 5.91 Å². The SMILES string of the molecule is CCC(C)(CN)C(=O)NCc1nncn1C. The summed E-state index contributed by atoms with van der Waals surface area (Å²) in [5, 5.41) is 10.5. The van der Waals surface area contributed by atoms with E-state index in [9.17, 15) is 4.79 Å². The van der Waals surface area contributed by atoms with Crippen molar-refractivity contribution < 1.29 is 4.79 Å². The molecule has 0 aromatic carbocycles. The molecule has 1 aromatic heterocycles. The molecular weight excluding hydrogens is 206 g/mol. The lowest BCUT2D eigenvalue weighted by atomic mass is 9.87. The summed E-state index contributed by atoms with van der Waals surface area (Å²) in [5.74, 6) is 0.685. The van der Waals surface area contributed by atoms with Gasteiger partial charge in [0.1, 0.15) is 6.33 Å². The van der Waals surface area contributed by atoms with Gasteiger partial charge in [0, 0.05) is 13.6 Å². The second-order valence-electron chi connectivity index (χ2n) is 4.16. The molecule has 0 saturated heterocycles. The molecule has 0 aliphatic heterocycles. The number of aromatic nitrogens is 3. The summed E-state index contributed by atoms with van der Waals surface area (Å²) in [6.07, 6.45) is 2.32. The molecule has 1 amide bonds. The van der Waals surface area contributed by atoms with E-state index in [0.29, 0.717) is 19.5 Å². The monoisotopic (exact) mass is 225 g/mol. The maximum atomic E-state index is 11.9. The van der Waals surface area contributed by atoms with Crippen LogP contribution in [-0.2, 0) is 18.4 Å². The van der Waals surface area contributed by atoms with Gasteiger partial charge in [-0.1, -0.05) is 6.92 Å². The lowest BCUT2D eigenvalue weighted by molar-refractivity contribution is -0.130. The number of nitrogens with one attached hydrogen (secondary N) is 1. The molecule has 1 heterocycles. The maximum Gasteiger partial charge on any atom is 0.227 e. The van der Waals surface area contributed by atoms with Crippen LogP contribution in [0.1, 0.15) is 26.1 Å². The first kappa shape index (κ1) is 12.6. The van der Waals surface area contributed by atoms with Gasteiger partial charge in [0.25, 0.3) is 0 Å². The highest BCUT2D eigenvalue weighted by molar-refractivity contribution is 5.82. The molecule has 0 fully saturated rings. The summed E-state index contributed by atoms with van der Waals surface area (Å²) in [6, 6.07) is 0. The number of carbonyl (C=O) groups is 1. The summed E-state index contributed by atoms with van der Waals surface area (Å²) in [7, 11) is 1.84. The Morgan fingerprint density at radius 2 is 2.38 bits per heavy atom. The van der Waals surface area contributed by atoms with Gasteiger partial charge in [0.05, 0.1) is 12.0 Å². The number of amides is 1. The molecule has 1 rings (SSSR count). The zero-order chi connectivity index (χ0) is 12.2. The average molecular weight is 225 g/mol. The van der Waals surface area contributed by atoms with Crippen LogP contribution in [0.2, 0.25) is 0 Å². The minimum absolute atomic E-state index is 0.0412. The summed E-state index contributed by atoms with van der Waals surface area (Å²) >= 11 is 0. The van der Waals surface area contributed by atoms with E-state index in [2.05, 4.69) is 15.5 Å². The maximum absolute atomic E-state index is 11.9. The first-order chi connectivity index (χ1) is 7.53. The molecule has 1 unspecified atom stereocenters.